The first-order valence-corrected chi connectivity index (χ1v) is 6.80. The maximum Gasteiger partial charge on any atom is 0.147 e. The van der Waals surface area contributed by atoms with Gasteiger partial charge in [0.15, 0.2) is 0 Å². The van der Waals surface area contributed by atoms with Crippen LogP contribution in [-0.2, 0) is 0 Å². The Morgan fingerprint density at radius 3 is 2.59 bits per heavy atom. The van der Waals surface area contributed by atoms with E-state index in [0.29, 0.717) is 6.04 Å². The van der Waals surface area contributed by atoms with Crippen molar-refractivity contribution in [3.8, 4) is 0 Å². The van der Waals surface area contributed by atoms with Gasteiger partial charge in [0, 0.05) is 12.6 Å². The van der Waals surface area contributed by atoms with E-state index >= 15 is 0 Å². The first kappa shape index (κ1) is 12.6. The Hall–Kier alpha value is -0.900. The number of aromatic nitrogens is 3. The van der Waals surface area contributed by atoms with Crippen LogP contribution >= 0.6 is 0 Å². The molecule has 1 aliphatic rings. The first-order chi connectivity index (χ1) is 8.16. The van der Waals surface area contributed by atoms with E-state index in [9.17, 15) is 0 Å². The Morgan fingerprint density at radius 2 is 2.00 bits per heavy atom. The van der Waals surface area contributed by atoms with Crippen LogP contribution in [0.15, 0.2) is 0 Å². The van der Waals surface area contributed by atoms with Gasteiger partial charge in [-0.1, -0.05) is 19.3 Å². The quantitative estimate of drug-likeness (QED) is 0.872. The second-order valence-corrected chi connectivity index (χ2v) is 5.24. The molecule has 0 aromatic carbocycles. The van der Waals surface area contributed by atoms with E-state index in [-0.39, 0.29) is 0 Å². The van der Waals surface area contributed by atoms with Gasteiger partial charge in [-0.05, 0) is 33.6 Å². The SMILES string of the molecule is Cc1nc(C)n(C(C)CNC2CCCCC2)n1. The zero-order valence-electron chi connectivity index (χ0n) is 11.2. The van der Waals surface area contributed by atoms with Crippen LogP contribution < -0.4 is 5.32 Å². The van der Waals surface area contributed by atoms with E-state index in [2.05, 4.69) is 22.3 Å². The van der Waals surface area contributed by atoms with Crippen molar-refractivity contribution >= 4 is 0 Å². The Kier molecular flexibility index (Phi) is 4.15. The fourth-order valence-corrected chi connectivity index (χ4v) is 2.68. The lowest BCUT2D eigenvalue weighted by Crippen LogP contribution is -2.35. The summed E-state index contributed by atoms with van der Waals surface area (Å²) in [6, 6.07) is 1.11. The third kappa shape index (κ3) is 3.28. The highest BCUT2D eigenvalue weighted by Crippen LogP contribution is 2.18. The highest BCUT2D eigenvalue weighted by molar-refractivity contribution is 4.90. The second-order valence-electron chi connectivity index (χ2n) is 5.24. The molecular formula is C13H24N4. The predicted octanol–water partition coefficient (Wildman–Crippen LogP) is 2.38. The van der Waals surface area contributed by atoms with E-state index in [0.717, 1.165) is 24.2 Å². The first-order valence-electron chi connectivity index (χ1n) is 6.80. The van der Waals surface area contributed by atoms with Crippen LogP contribution in [0.1, 0.15) is 56.7 Å². The summed E-state index contributed by atoms with van der Waals surface area (Å²) in [5.41, 5.74) is 0. The van der Waals surface area contributed by atoms with E-state index in [1.165, 1.54) is 32.1 Å². The molecule has 1 saturated carbocycles. The molecule has 17 heavy (non-hydrogen) atoms. The van der Waals surface area contributed by atoms with Crippen molar-refractivity contribution in [2.24, 2.45) is 0 Å². The predicted molar refractivity (Wildman–Crippen MR) is 69.1 cm³/mol. The van der Waals surface area contributed by atoms with Crippen molar-refractivity contribution in [2.45, 2.75) is 65.0 Å². The van der Waals surface area contributed by atoms with E-state index < -0.39 is 0 Å². The van der Waals surface area contributed by atoms with Crippen LogP contribution in [0.3, 0.4) is 0 Å². The summed E-state index contributed by atoms with van der Waals surface area (Å²) in [5, 5.41) is 8.11. The number of hydrogen-bond acceptors (Lipinski definition) is 3. The maximum absolute atomic E-state index is 4.44. The largest absolute Gasteiger partial charge is 0.312 e. The molecule has 1 aromatic heterocycles. The molecule has 0 radical (unpaired) electrons. The number of rotatable bonds is 4. The fraction of sp³-hybridized carbons (Fsp3) is 0.846. The summed E-state index contributed by atoms with van der Waals surface area (Å²) in [6.45, 7) is 7.17. The van der Waals surface area contributed by atoms with E-state index in [1.807, 2.05) is 18.5 Å². The lowest BCUT2D eigenvalue weighted by molar-refractivity contribution is 0.341. The third-order valence-corrected chi connectivity index (χ3v) is 3.63. The molecule has 96 valence electrons. The minimum absolute atomic E-state index is 0.387. The molecule has 2 rings (SSSR count). The topological polar surface area (TPSA) is 42.7 Å². The Labute approximate surface area is 104 Å². The molecule has 1 heterocycles. The lowest BCUT2D eigenvalue weighted by Gasteiger charge is -2.24. The standard InChI is InChI=1S/C13H24N4/c1-10(17-12(3)15-11(2)16-17)9-14-13-7-5-4-6-8-13/h10,13-14H,4-9H2,1-3H3. The third-order valence-electron chi connectivity index (χ3n) is 3.63. The molecule has 1 aliphatic carbocycles. The van der Waals surface area contributed by atoms with Gasteiger partial charge in [-0.3, -0.25) is 0 Å². The van der Waals surface area contributed by atoms with Crippen molar-refractivity contribution in [1.82, 2.24) is 20.1 Å². The van der Waals surface area contributed by atoms with Gasteiger partial charge >= 0.3 is 0 Å². The molecule has 0 saturated heterocycles. The summed E-state index contributed by atoms with van der Waals surface area (Å²) >= 11 is 0. The summed E-state index contributed by atoms with van der Waals surface area (Å²) in [5.74, 6) is 1.88. The average Bonchev–Trinajstić information content (AvgIpc) is 2.67. The van der Waals surface area contributed by atoms with Gasteiger partial charge in [0.05, 0.1) is 6.04 Å². The van der Waals surface area contributed by atoms with E-state index in [4.69, 9.17) is 0 Å². The molecule has 1 fully saturated rings. The zero-order valence-corrected chi connectivity index (χ0v) is 11.2. The molecule has 4 nitrogen and oxygen atoms in total. The zero-order chi connectivity index (χ0) is 12.3. The van der Waals surface area contributed by atoms with Gasteiger partial charge in [-0.25, -0.2) is 9.67 Å². The molecule has 0 aliphatic heterocycles. The van der Waals surface area contributed by atoms with Crippen LogP contribution in [0.5, 0.6) is 0 Å². The van der Waals surface area contributed by atoms with Gasteiger partial charge in [-0.15, -0.1) is 0 Å². The van der Waals surface area contributed by atoms with Gasteiger partial charge in [0.2, 0.25) is 0 Å². The molecule has 0 amide bonds. The number of hydrogen-bond donors (Lipinski definition) is 1. The molecular weight excluding hydrogens is 212 g/mol. The Balaban J connectivity index is 1.84. The van der Waals surface area contributed by atoms with Gasteiger partial charge < -0.3 is 5.32 Å². The van der Waals surface area contributed by atoms with Crippen LogP contribution in [-0.4, -0.2) is 27.4 Å². The average molecular weight is 236 g/mol. The van der Waals surface area contributed by atoms with Gasteiger partial charge in [-0.2, -0.15) is 5.10 Å². The van der Waals surface area contributed by atoms with Crippen LogP contribution in [0.25, 0.3) is 0 Å². The summed E-state index contributed by atoms with van der Waals surface area (Å²) < 4.78 is 2.03. The molecule has 1 atom stereocenters. The molecule has 0 spiro atoms. The second kappa shape index (κ2) is 5.63. The Bertz CT molecular complexity index is 352. The summed E-state index contributed by atoms with van der Waals surface area (Å²) in [4.78, 5) is 4.35. The smallest absolute Gasteiger partial charge is 0.147 e. The Morgan fingerprint density at radius 1 is 1.29 bits per heavy atom. The minimum atomic E-state index is 0.387. The van der Waals surface area contributed by atoms with Crippen LogP contribution in [0.2, 0.25) is 0 Å². The van der Waals surface area contributed by atoms with Gasteiger partial charge in [0.25, 0.3) is 0 Å². The van der Waals surface area contributed by atoms with Crippen molar-refractivity contribution in [3.63, 3.8) is 0 Å². The van der Waals surface area contributed by atoms with Crippen molar-refractivity contribution < 1.29 is 0 Å². The normalized spacial score (nSPS) is 19.5. The van der Waals surface area contributed by atoms with Crippen molar-refractivity contribution in [1.29, 1.82) is 0 Å². The van der Waals surface area contributed by atoms with Crippen LogP contribution in [0, 0.1) is 13.8 Å². The summed E-state index contributed by atoms with van der Waals surface area (Å²) in [6.07, 6.45) is 6.85. The van der Waals surface area contributed by atoms with E-state index in [1.54, 1.807) is 0 Å². The monoisotopic (exact) mass is 236 g/mol. The summed E-state index contributed by atoms with van der Waals surface area (Å²) in [7, 11) is 0. The number of nitrogens with one attached hydrogen (secondary N) is 1. The molecule has 4 heteroatoms. The minimum Gasteiger partial charge on any atom is -0.312 e. The highest BCUT2D eigenvalue weighted by atomic mass is 15.4. The number of aryl methyl sites for hydroxylation is 2. The molecule has 1 aromatic rings. The highest BCUT2D eigenvalue weighted by Gasteiger charge is 2.15. The van der Waals surface area contributed by atoms with Crippen molar-refractivity contribution in [3.05, 3.63) is 11.6 Å². The molecule has 1 unspecified atom stereocenters. The van der Waals surface area contributed by atoms with Gasteiger partial charge in [0.1, 0.15) is 11.6 Å². The fourth-order valence-electron chi connectivity index (χ4n) is 2.68. The lowest BCUT2D eigenvalue weighted by atomic mass is 9.95. The molecule has 1 N–H and O–H groups in total. The van der Waals surface area contributed by atoms with Crippen molar-refractivity contribution in [2.75, 3.05) is 6.54 Å². The molecule has 0 bridgehead atoms. The number of nitrogens with zero attached hydrogens (tertiary/aromatic N) is 3. The van der Waals surface area contributed by atoms with Crippen LogP contribution in [0.4, 0.5) is 0 Å². The maximum atomic E-state index is 4.44.